The minimum absolute atomic E-state index is 0.0616. The number of carbonyl (C=O) groups excluding carboxylic acids is 1. The molecule has 5 nitrogen and oxygen atoms in total. The van der Waals surface area contributed by atoms with Crippen LogP contribution in [0, 0.1) is 0 Å². The second-order valence-electron chi connectivity index (χ2n) is 6.69. The third kappa shape index (κ3) is 5.58. The number of benzene rings is 2. The fourth-order valence-corrected chi connectivity index (χ4v) is 2.94. The van der Waals surface area contributed by atoms with Gasteiger partial charge in [0.15, 0.2) is 0 Å². The molecule has 0 spiro atoms. The van der Waals surface area contributed by atoms with Gasteiger partial charge in [0.05, 0.1) is 7.11 Å². The summed E-state index contributed by atoms with van der Waals surface area (Å²) >= 11 is 0. The largest absolute Gasteiger partial charge is 0.497 e. The molecule has 0 saturated carbocycles. The third-order valence-corrected chi connectivity index (χ3v) is 4.43. The predicted octanol–water partition coefficient (Wildman–Crippen LogP) is 3.61. The van der Waals surface area contributed by atoms with Gasteiger partial charge in [-0.3, -0.25) is 4.79 Å². The Morgan fingerprint density at radius 1 is 1.12 bits per heavy atom. The van der Waals surface area contributed by atoms with Crippen molar-refractivity contribution in [3.63, 3.8) is 0 Å². The van der Waals surface area contributed by atoms with Gasteiger partial charge in [0.25, 0.3) is 0 Å². The minimum Gasteiger partial charge on any atom is -0.497 e. The summed E-state index contributed by atoms with van der Waals surface area (Å²) in [4.78, 5) is 13.4. The summed E-state index contributed by atoms with van der Waals surface area (Å²) in [5.74, 6) is 0.805. The molecule has 0 bridgehead atoms. The average molecular weight is 355 g/mol. The summed E-state index contributed by atoms with van der Waals surface area (Å²) in [7, 11) is 5.84. The molecule has 26 heavy (non-hydrogen) atoms. The molecule has 2 unspecified atom stereocenters. The number of likely N-dealkylation sites (N-methyl/N-ethyl adjacent to an activating group) is 1. The van der Waals surface area contributed by atoms with E-state index in [2.05, 4.69) is 54.8 Å². The number of hydrogen-bond acceptors (Lipinski definition) is 4. The first kappa shape index (κ1) is 19.9. The van der Waals surface area contributed by atoms with Crippen molar-refractivity contribution in [1.82, 2.24) is 10.2 Å². The smallest absolute Gasteiger partial charge is 0.221 e. The predicted molar refractivity (Wildman–Crippen MR) is 107 cm³/mol. The lowest BCUT2D eigenvalue weighted by Gasteiger charge is -2.27. The molecule has 2 atom stereocenters. The first-order chi connectivity index (χ1) is 12.4. The van der Waals surface area contributed by atoms with Gasteiger partial charge in [-0.25, -0.2) is 0 Å². The Kier molecular flexibility index (Phi) is 7.18. The van der Waals surface area contributed by atoms with Crippen LogP contribution in [-0.4, -0.2) is 38.6 Å². The van der Waals surface area contributed by atoms with Crippen LogP contribution >= 0.6 is 0 Å². The van der Waals surface area contributed by atoms with E-state index in [-0.39, 0.29) is 18.0 Å². The van der Waals surface area contributed by atoms with Gasteiger partial charge < -0.3 is 20.3 Å². The summed E-state index contributed by atoms with van der Waals surface area (Å²) in [5, 5.41) is 6.43. The Morgan fingerprint density at radius 3 is 2.46 bits per heavy atom. The molecular weight excluding hydrogens is 326 g/mol. The van der Waals surface area contributed by atoms with Crippen LogP contribution in [0.2, 0.25) is 0 Å². The number of nitrogens with one attached hydrogen (secondary N) is 2. The van der Waals surface area contributed by atoms with E-state index in [1.54, 1.807) is 7.11 Å². The standard InChI is InChI=1S/C21H29N3O2/c1-15(17-8-6-10-19(12-17)23-16(2)25)22-14-21(24(3)4)18-9-7-11-20(13-18)26-5/h6-13,15,21-22H,14H2,1-5H3,(H,23,25). The lowest BCUT2D eigenvalue weighted by atomic mass is 10.0. The van der Waals surface area contributed by atoms with E-state index in [0.29, 0.717) is 0 Å². The molecule has 2 rings (SSSR count). The molecule has 2 N–H and O–H groups in total. The van der Waals surface area contributed by atoms with E-state index >= 15 is 0 Å². The number of hydrogen-bond donors (Lipinski definition) is 2. The average Bonchev–Trinajstić information content (AvgIpc) is 2.61. The molecule has 1 amide bonds. The lowest BCUT2D eigenvalue weighted by molar-refractivity contribution is -0.114. The Hall–Kier alpha value is -2.37. The highest BCUT2D eigenvalue weighted by Crippen LogP contribution is 2.24. The van der Waals surface area contributed by atoms with Crippen molar-refractivity contribution in [2.24, 2.45) is 0 Å². The second kappa shape index (κ2) is 9.36. The molecule has 0 aliphatic heterocycles. The van der Waals surface area contributed by atoms with Crippen molar-refractivity contribution in [1.29, 1.82) is 0 Å². The molecule has 0 saturated heterocycles. The summed E-state index contributed by atoms with van der Waals surface area (Å²) in [6.07, 6.45) is 0. The Morgan fingerprint density at radius 2 is 1.81 bits per heavy atom. The Bertz CT molecular complexity index is 731. The molecule has 0 aliphatic rings. The van der Waals surface area contributed by atoms with E-state index in [1.807, 2.05) is 30.3 Å². The highest BCUT2D eigenvalue weighted by atomic mass is 16.5. The van der Waals surface area contributed by atoms with Gasteiger partial charge in [-0.2, -0.15) is 0 Å². The van der Waals surface area contributed by atoms with Crippen LogP contribution < -0.4 is 15.4 Å². The number of nitrogens with zero attached hydrogens (tertiary/aromatic N) is 1. The van der Waals surface area contributed by atoms with Gasteiger partial charge in [0.1, 0.15) is 5.75 Å². The molecule has 140 valence electrons. The zero-order valence-electron chi connectivity index (χ0n) is 16.2. The monoisotopic (exact) mass is 355 g/mol. The number of amides is 1. The van der Waals surface area contributed by atoms with Gasteiger partial charge >= 0.3 is 0 Å². The topological polar surface area (TPSA) is 53.6 Å². The SMILES string of the molecule is COc1cccc(C(CNC(C)c2cccc(NC(C)=O)c2)N(C)C)c1. The Labute approximate surface area is 156 Å². The maximum atomic E-state index is 11.3. The molecule has 2 aromatic carbocycles. The number of rotatable bonds is 8. The van der Waals surface area contributed by atoms with Gasteiger partial charge in [0, 0.05) is 31.2 Å². The van der Waals surface area contributed by atoms with Crippen LogP contribution in [0.4, 0.5) is 5.69 Å². The van der Waals surface area contributed by atoms with Crippen LogP contribution in [-0.2, 0) is 4.79 Å². The summed E-state index contributed by atoms with van der Waals surface area (Å²) in [6.45, 7) is 4.45. The molecule has 0 aromatic heterocycles. The van der Waals surface area contributed by atoms with E-state index in [1.165, 1.54) is 12.5 Å². The molecule has 0 aliphatic carbocycles. The van der Waals surface area contributed by atoms with E-state index in [0.717, 1.165) is 23.5 Å². The highest BCUT2D eigenvalue weighted by Gasteiger charge is 2.16. The van der Waals surface area contributed by atoms with E-state index in [9.17, 15) is 4.79 Å². The fourth-order valence-electron chi connectivity index (χ4n) is 2.94. The van der Waals surface area contributed by atoms with Crippen LogP contribution in [0.25, 0.3) is 0 Å². The van der Waals surface area contributed by atoms with Gasteiger partial charge in [0.2, 0.25) is 5.91 Å². The maximum absolute atomic E-state index is 11.3. The molecule has 0 fully saturated rings. The number of ether oxygens (including phenoxy) is 1. The second-order valence-corrected chi connectivity index (χ2v) is 6.69. The molecule has 0 heterocycles. The van der Waals surface area contributed by atoms with Crippen molar-refractivity contribution in [2.45, 2.75) is 25.9 Å². The van der Waals surface area contributed by atoms with E-state index in [4.69, 9.17) is 4.74 Å². The number of methoxy groups -OCH3 is 1. The number of anilines is 1. The van der Waals surface area contributed by atoms with Crippen LogP contribution in [0.3, 0.4) is 0 Å². The lowest BCUT2D eigenvalue weighted by Crippen LogP contribution is -2.32. The van der Waals surface area contributed by atoms with Crippen molar-refractivity contribution in [3.8, 4) is 5.75 Å². The number of carbonyl (C=O) groups is 1. The first-order valence-electron chi connectivity index (χ1n) is 8.82. The van der Waals surface area contributed by atoms with E-state index < -0.39 is 0 Å². The van der Waals surface area contributed by atoms with Crippen molar-refractivity contribution in [2.75, 3.05) is 33.1 Å². The molecule has 5 heteroatoms. The van der Waals surface area contributed by atoms with Crippen molar-refractivity contribution in [3.05, 3.63) is 59.7 Å². The van der Waals surface area contributed by atoms with Crippen LogP contribution in [0.1, 0.15) is 37.1 Å². The zero-order valence-corrected chi connectivity index (χ0v) is 16.2. The molecule has 0 radical (unpaired) electrons. The van der Waals surface area contributed by atoms with Crippen LogP contribution in [0.15, 0.2) is 48.5 Å². The Balaban J connectivity index is 2.07. The third-order valence-electron chi connectivity index (χ3n) is 4.43. The molecule has 2 aromatic rings. The minimum atomic E-state index is -0.0616. The normalized spacial score (nSPS) is 13.3. The van der Waals surface area contributed by atoms with Gasteiger partial charge in [-0.1, -0.05) is 24.3 Å². The zero-order chi connectivity index (χ0) is 19.1. The van der Waals surface area contributed by atoms with Crippen LogP contribution in [0.5, 0.6) is 5.75 Å². The van der Waals surface area contributed by atoms with Gasteiger partial charge in [-0.05, 0) is 56.4 Å². The van der Waals surface area contributed by atoms with Crippen molar-refractivity contribution < 1.29 is 9.53 Å². The van der Waals surface area contributed by atoms with Gasteiger partial charge in [-0.15, -0.1) is 0 Å². The first-order valence-corrected chi connectivity index (χ1v) is 8.82. The maximum Gasteiger partial charge on any atom is 0.221 e. The quantitative estimate of drug-likeness (QED) is 0.760. The summed E-state index contributed by atoms with van der Waals surface area (Å²) in [6, 6.07) is 16.5. The fraction of sp³-hybridized carbons (Fsp3) is 0.381. The summed E-state index contributed by atoms with van der Waals surface area (Å²) in [5.41, 5.74) is 3.17. The van der Waals surface area contributed by atoms with Crippen molar-refractivity contribution >= 4 is 11.6 Å². The molecular formula is C21H29N3O2. The summed E-state index contributed by atoms with van der Waals surface area (Å²) < 4.78 is 5.35. The highest BCUT2D eigenvalue weighted by molar-refractivity contribution is 5.88.